The Labute approximate surface area is 146 Å². The molecule has 132 valence electrons. The van der Waals surface area contributed by atoms with Crippen LogP contribution in [0.25, 0.3) is 0 Å². The summed E-state index contributed by atoms with van der Waals surface area (Å²) in [5.74, 6) is 1.02. The Balaban J connectivity index is 2.38. The second-order valence-electron chi connectivity index (χ2n) is 5.76. The highest BCUT2D eigenvalue weighted by molar-refractivity contribution is 7.89. The van der Waals surface area contributed by atoms with E-state index in [1.165, 1.54) is 19.2 Å². The fraction of sp³-hybridized carbons (Fsp3) is 0.467. The molecule has 1 atom stereocenters. The Morgan fingerprint density at radius 3 is 2.58 bits per heavy atom. The molecule has 2 aromatic rings. The van der Waals surface area contributed by atoms with Crippen molar-refractivity contribution in [1.29, 1.82) is 0 Å². The van der Waals surface area contributed by atoms with Crippen molar-refractivity contribution in [3.05, 3.63) is 35.0 Å². The fourth-order valence-corrected chi connectivity index (χ4v) is 3.87. The first-order valence-electron chi connectivity index (χ1n) is 7.38. The summed E-state index contributed by atoms with van der Waals surface area (Å²) in [4.78, 5) is -0.0394. The number of halogens is 1. The highest BCUT2D eigenvalue weighted by Crippen LogP contribution is 2.29. The van der Waals surface area contributed by atoms with Crippen molar-refractivity contribution in [3.8, 4) is 5.75 Å². The maximum absolute atomic E-state index is 12.8. The minimum atomic E-state index is -3.90. The fourth-order valence-electron chi connectivity index (χ4n) is 2.23. The topological polar surface area (TPSA) is 94.3 Å². The number of nitrogens with one attached hydrogen (secondary N) is 1. The lowest BCUT2D eigenvalue weighted by molar-refractivity contribution is 0.370. The Kier molecular flexibility index (Phi) is 5.84. The van der Waals surface area contributed by atoms with Crippen LogP contribution in [0.15, 0.2) is 27.5 Å². The summed E-state index contributed by atoms with van der Waals surface area (Å²) in [6.07, 6.45) is 0.504. The Morgan fingerprint density at radius 1 is 1.33 bits per heavy atom. The molecular weight excluding hydrogens is 354 g/mol. The first-order valence-corrected chi connectivity index (χ1v) is 9.25. The third-order valence-electron chi connectivity index (χ3n) is 3.26. The third kappa shape index (κ3) is 4.46. The zero-order valence-corrected chi connectivity index (χ0v) is 15.5. The molecule has 2 rings (SSSR count). The van der Waals surface area contributed by atoms with E-state index in [0.717, 1.165) is 0 Å². The van der Waals surface area contributed by atoms with Gasteiger partial charge in [0.05, 0.1) is 7.11 Å². The number of rotatable bonds is 7. The van der Waals surface area contributed by atoms with Crippen molar-refractivity contribution in [2.75, 3.05) is 7.11 Å². The molecule has 0 bridgehead atoms. The Hall–Kier alpha value is -1.64. The van der Waals surface area contributed by atoms with Crippen molar-refractivity contribution in [2.24, 2.45) is 5.92 Å². The van der Waals surface area contributed by atoms with E-state index in [1.807, 2.05) is 13.8 Å². The molecule has 0 aliphatic carbocycles. The molecule has 24 heavy (non-hydrogen) atoms. The summed E-state index contributed by atoms with van der Waals surface area (Å²) in [7, 11) is -2.50. The molecule has 0 saturated carbocycles. The van der Waals surface area contributed by atoms with Crippen LogP contribution in [0.1, 0.15) is 38.1 Å². The number of aromatic nitrogens is 2. The Bertz CT molecular complexity index is 805. The van der Waals surface area contributed by atoms with Crippen LogP contribution in [0.3, 0.4) is 0 Å². The van der Waals surface area contributed by atoms with Gasteiger partial charge in [0.25, 0.3) is 0 Å². The zero-order valence-electron chi connectivity index (χ0n) is 13.9. The molecule has 0 saturated heterocycles. The quantitative estimate of drug-likeness (QED) is 0.801. The van der Waals surface area contributed by atoms with E-state index in [2.05, 4.69) is 14.9 Å². The number of sulfonamides is 1. The molecule has 1 aromatic carbocycles. The Morgan fingerprint density at radius 2 is 2.04 bits per heavy atom. The van der Waals surface area contributed by atoms with Gasteiger partial charge in [0.15, 0.2) is 0 Å². The molecule has 1 unspecified atom stereocenters. The first-order chi connectivity index (χ1) is 11.2. The van der Waals surface area contributed by atoms with Crippen LogP contribution in [0.5, 0.6) is 5.75 Å². The molecule has 7 nitrogen and oxygen atoms in total. The molecule has 1 aromatic heterocycles. The van der Waals surface area contributed by atoms with E-state index in [-0.39, 0.29) is 22.5 Å². The van der Waals surface area contributed by atoms with Gasteiger partial charge in [-0.1, -0.05) is 25.4 Å². The zero-order chi connectivity index (χ0) is 17.9. The van der Waals surface area contributed by atoms with E-state index in [1.54, 1.807) is 13.0 Å². The van der Waals surface area contributed by atoms with Crippen molar-refractivity contribution < 1.29 is 17.6 Å². The molecule has 0 fully saturated rings. The van der Waals surface area contributed by atoms with Crippen molar-refractivity contribution >= 4 is 21.6 Å². The average Bonchev–Trinajstić information content (AvgIpc) is 2.92. The van der Waals surface area contributed by atoms with Gasteiger partial charge in [-0.15, -0.1) is 10.2 Å². The number of aryl methyl sites for hydroxylation is 1. The summed E-state index contributed by atoms with van der Waals surface area (Å²) in [6, 6.07) is 3.77. The molecule has 0 amide bonds. The van der Waals surface area contributed by atoms with Crippen LogP contribution in [0.2, 0.25) is 5.02 Å². The predicted octanol–water partition coefficient (Wildman–Crippen LogP) is 3.11. The summed E-state index contributed by atoms with van der Waals surface area (Å²) in [5, 5.41) is 8.00. The minimum Gasteiger partial charge on any atom is -0.495 e. The van der Waals surface area contributed by atoms with Crippen LogP contribution in [0.4, 0.5) is 0 Å². The first kappa shape index (κ1) is 18.7. The molecule has 0 aliphatic rings. The SMILES string of the molecule is COc1ccc(Cl)cc1S(=O)(=O)NC(CC(C)C)c1nnc(C)o1. The van der Waals surface area contributed by atoms with Crippen LogP contribution < -0.4 is 9.46 Å². The largest absolute Gasteiger partial charge is 0.495 e. The predicted molar refractivity (Wildman–Crippen MR) is 89.6 cm³/mol. The van der Waals surface area contributed by atoms with Gasteiger partial charge >= 0.3 is 0 Å². The third-order valence-corrected chi connectivity index (χ3v) is 4.99. The van der Waals surface area contributed by atoms with E-state index in [4.69, 9.17) is 20.8 Å². The smallest absolute Gasteiger partial charge is 0.245 e. The van der Waals surface area contributed by atoms with Crippen molar-refractivity contribution in [3.63, 3.8) is 0 Å². The number of hydrogen-bond acceptors (Lipinski definition) is 6. The van der Waals surface area contributed by atoms with Crippen LogP contribution >= 0.6 is 11.6 Å². The minimum absolute atomic E-state index is 0.0394. The summed E-state index contributed by atoms with van der Waals surface area (Å²) in [6.45, 7) is 5.60. The van der Waals surface area contributed by atoms with Crippen LogP contribution in [-0.4, -0.2) is 25.7 Å². The van der Waals surface area contributed by atoms with E-state index in [9.17, 15) is 8.42 Å². The van der Waals surface area contributed by atoms with Gasteiger partial charge in [-0.05, 0) is 30.5 Å². The number of benzene rings is 1. The van der Waals surface area contributed by atoms with Gasteiger partial charge < -0.3 is 9.15 Å². The summed E-state index contributed by atoms with van der Waals surface area (Å²) < 4.78 is 38.7. The van der Waals surface area contributed by atoms with Gasteiger partial charge in [0.1, 0.15) is 16.7 Å². The summed E-state index contributed by atoms with van der Waals surface area (Å²) in [5.41, 5.74) is 0. The number of methoxy groups -OCH3 is 1. The maximum Gasteiger partial charge on any atom is 0.245 e. The normalized spacial score (nSPS) is 13.2. The van der Waals surface area contributed by atoms with Gasteiger partial charge in [-0.25, -0.2) is 8.42 Å². The van der Waals surface area contributed by atoms with E-state index >= 15 is 0 Å². The molecule has 1 heterocycles. The molecule has 0 spiro atoms. The second-order valence-corrected chi connectivity index (χ2v) is 7.88. The van der Waals surface area contributed by atoms with E-state index in [0.29, 0.717) is 17.3 Å². The molecule has 1 N–H and O–H groups in total. The van der Waals surface area contributed by atoms with E-state index < -0.39 is 16.1 Å². The highest BCUT2D eigenvalue weighted by Gasteiger charge is 2.28. The van der Waals surface area contributed by atoms with Crippen LogP contribution in [0, 0.1) is 12.8 Å². The van der Waals surface area contributed by atoms with Crippen LogP contribution in [-0.2, 0) is 10.0 Å². The molecule has 0 aliphatic heterocycles. The van der Waals surface area contributed by atoms with Crippen molar-refractivity contribution in [1.82, 2.24) is 14.9 Å². The van der Waals surface area contributed by atoms with Gasteiger partial charge in [-0.2, -0.15) is 4.72 Å². The van der Waals surface area contributed by atoms with Crippen molar-refractivity contribution in [2.45, 2.75) is 38.1 Å². The molecule has 0 radical (unpaired) electrons. The van der Waals surface area contributed by atoms with Gasteiger partial charge in [0, 0.05) is 11.9 Å². The number of nitrogens with zero attached hydrogens (tertiary/aromatic N) is 2. The van der Waals surface area contributed by atoms with Gasteiger partial charge in [0.2, 0.25) is 21.8 Å². The maximum atomic E-state index is 12.8. The highest BCUT2D eigenvalue weighted by atomic mass is 35.5. The standard InChI is InChI=1S/C15H20ClN3O4S/c1-9(2)7-12(15-18-17-10(3)23-15)19-24(20,21)14-8-11(16)5-6-13(14)22-4/h5-6,8-9,12,19H,7H2,1-4H3. The lowest BCUT2D eigenvalue weighted by atomic mass is 10.0. The lowest BCUT2D eigenvalue weighted by Gasteiger charge is -2.18. The molecular formula is C15H20ClN3O4S. The summed E-state index contributed by atoms with van der Waals surface area (Å²) >= 11 is 5.93. The average molecular weight is 374 g/mol. The second kappa shape index (κ2) is 7.50. The lowest BCUT2D eigenvalue weighted by Crippen LogP contribution is -2.30. The van der Waals surface area contributed by atoms with Gasteiger partial charge in [-0.3, -0.25) is 0 Å². The monoisotopic (exact) mass is 373 g/mol. The molecule has 9 heteroatoms. The number of ether oxygens (including phenoxy) is 1. The number of hydrogen-bond donors (Lipinski definition) is 1.